The number of carbonyl (C=O) groups excluding carboxylic acids is 2. The van der Waals surface area contributed by atoms with Crippen molar-refractivity contribution in [1.82, 2.24) is 14.8 Å². The molecule has 1 atom stereocenters. The van der Waals surface area contributed by atoms with Gasteiger partial charge in [0, 0.05) is 61.9 Å². The highest BCUT2D eigenvalue weighted by Crippen LogP contribution is 2.27. The number of nitrogens with zero attached hydrogens (tertiary/aromatic N) is 4. The van der Waals surface area contributed by atoms with Crippen molar-refractivity contribution >= 4 is 17.4 Å². The molecule has 2 saturated heterocycles. The third-order valence-corrected chi connectivity index (χ3v) is 7.63. The number of ketones is 2. The smallest absolute Gasteiger partial charge is 0.169 e. The summed E-state index contributed by atoms with van der Waals surface area (Å²) < 4.78 is 0. The fraction of sp³-hybridized carbons (Fsp3) is 0.741. The lowest BCUT2D eigenvalue weighted by Crippen LogP contribution is -2.49. The van der Waals surface area contributed by atoms with E-state index in [9.17, 15) is 9.59 Å². The minimum Gasteiger partial charge on any atom is -0.356 e. The molecule has 0 bridgehead atoms. The van der Waals surface area contributed by atoms with Crippen LogP contribution in [-0.2, 0) is 4.79 Å². The van der Waals surface area contributed by atoms with Crippen molar-refractivity contribution in [1.29, 1.82) is 0 Å². The van der Waals surface area contributed by atoms with E-state index in [2.05, 4.69) is 40.5 Å². The maximum absolute atomic E-state index is 12.5. The Kier molecular flexibility index (Phi) is 8.33. The second kappa shape index (κ2) is 10.6. The zero-order chi connectivity index (χ0) is 24.2. The number of piperazine rings is 1. The van der Waals surface area contributed by atoms with Gasteiger partial charge in [-0.1, -0.05) is 41.5 Å². The van der Waals surface area contributed by atoms with E-state index in [1.807, 2.05) is 32.9 Å². The van der Waals surface area contributed by atoms with Crippen LogP contribution in [0.4, 0.5) is 5.82 Å². The molecule has 33 heavy (non-hydrogen) atoms. The van der Waals surface area contributed by atoms with Gasteiger partial charge in [-0.05, 0) is 43.9 Å². The lowest BCUT2D eigenvalue weighted by atomic mass is 9.85. The van der Waals surface area contributed by atoms with Gasteiger partial charge in [0.1, 0.15) is 5.82 Å². The summed E-state index contributed by atoms with van der Waals surface area (Å²) in [6.07, 6.45) is 5.05. The molecule has 1 aromatic rings. The van der Waals surface area contributed by atoms with Gasteiger partial charge in [-0.3, -0.25) is 14.5 Å². The molecular weight excluding hydrogens is 412 g/mol. The zero-order valence-electron chi connectivity index (χ0n) is 21.7. The van der Waals surface area contributed by atoms with Crippen molar-refractivity contribution in [3.8, 4) is 0 Å². The molecule has 1 aromatic heterocycles. The molecule has 6 heteroatoms. The van der Waals surface area contributed by atoms with Crippen LogP contribution in [0.25, 0.3) is 0 Å². The standard InChI is InChI=1S/C27H44N4O2/c1-7-27(5,6)23(32)20-30-16-14-29(15-17-30)12-10-21-11-13-31(19-21)24-9-8-22(18-28-24)25(33)26(2,3)4/h8-9,18,21H,7,10-17,19-20H2,1-6H3. The Bertz CT molecular complexity index is 804. The summed E-state index contributed by atoms with van der Waals surface area (Å²) in [6.45, 7) is 20.0. The lowest BCUT2D eigenvalue weighted by molar-refractivity contribution is -0.128. The number of aromatic nitrogens is 1. The number of anilines is 1. The average Bonchev–Trinajstić information content (AvgIpc) is 3.26. The van der Waals surface area contributed by atoms with Gasteiger partial charge in [-0.15, -0.1) is 0 Å². The molecule has 0 saturated carbocycles. The van der Waals surface area contributed by atoms with Gasteiger partial charge >= 0.3 is 0 Å². The minimum atomic E-state index is -0.380. The molecule has 0 spiro atoms. The summed E-state index contributed by atoms with van der Waals surface area (Å²) in [4.78, 5) is 36.8. The van der Waals surface area contributed by atoms with E-state index in [4.69, 9.17) is 0 Å². The van der Waals surface area contributed by atoms with Gasteiger partial charge in [0.25, 0.3) is 0 Å². The largest absolute Gasteiger partial charge is 0.356 e. The van der Waals surface area contributed by atoms with Gasteiger partial charge < -0.3 is 9.80 Å². The first kappa shape index (κ1) is 25.8. The Morgan fingerprint density at radius 3 is 2.24 bits per heavy atom. The molecule has 184 valence electrons. The topological polar surface area (TPSA) is 56.8 Å². The van der Waals surface area contributed by atoms with Crippen molar-refractivity contribution in [3.05, 3.63) is 23.9 Å². The van der Waals surface area contributed by atoms with Crippen molar-refractivity contribution < 1.29 is 9.59 Å². The fourth-order valence-corrected chi connectivity index (χ4v) is 4.57. The first-order valence-corrected chi connectivity index (χ1v) is 12.7. The van der Waals surface area contributed by atoms with Crippen LogP contribution in [0, 0.1) is 16.7 Å². The third kappa shape index (κ3) is 6.86. The Morgan fingerprint density at radius 2 is 1.67 bits per heavy atom. The Morgan fingerprint density at radius 1 is 1.00 bits per heavy atom. The van der Waals surface area contributed by atoms with E-state index < -0.39 is 0 Å². The zero-order valence-corrected chi connectivity index (χ0v) is 21.7. The summed E-state index contributed by atoms with van der Waals surface area (Å²) >= 11 is 0. The quantitative estimate of drug-likeness (QED) is 0.520. The summed E-state index contributed by atoms with van der Waals surface area (Å²) in [5.74, 6) is 2.18. The molecule has 0 aliphatic carbocycles. The predicted octanol–water partition coefficient (Wildman–Crippen LogP) is 4.15. The molecule has 2 fully saturated rings. The van der Waals surface area contributed by atoms with Gasteiger partial charge in [-0.25, -0.2) is 4.98 Å². The van der Waals surface area contributed by atoms with Crippen molar-refractivity contribution in [2.45, 2.75) is 60.8 Å². The van der Waals surface area contributed by atoms with Crippen LogP contribution in [0.5, 0.6) is 0 Å². The van der Waals surface area contributed by atoms with Crippen LogP contribution in [-0.4, -0.2) is 78.7 Å². The molecule has 2 aliphatic heterocycles. The molecule has 2 aliphatic rings. The molecular formula is C27H44N4O2. The minimum absolute atomic E-state index is 0.138. The maximum atomic E-state index is 12.5. The van der Waals surface area contributed by atoms with E-state index in [0.717, 1.165) is 58.1 Å². The summed E-state index contributed by atoms with van der Waals surface area (Å²) in [5, 5.41) is 0. The van der Waals surface area contributed by atoms with E-state index in [1.54, 1.807) is 6.20 Å². The van der Waals surface area contributed by atoms with Crippen LogP contribution in [0.1, 0.15) is 71.2 Å². The summed E-state index contributed by atoms with van der Waals surface area (Å²) in [7, 11) is 0. The highest BCUT2D eigenvalue weighted by molar-refractivity contribution is 5.99. The SMILES string of the molecule is CCC(C)(C)C(=O)CN1CCN(CCC2CCN(c3ccc(C(=O)C(C)(C)C)cn3)C2)CC1. The molecule has 3 rings (SSSR count). The van der Waals surface area contributed by atoms with Gasteiger partial charge in [0.15, 0.2) is 11.6 Å². The molecule has 0 amide bonds. The monoisotopic (exact) mass is 456 g/mol. The van der Waals surface area contributed by atoms with Crippen LogP contribution in [0.3, 0.4) is 0 Å². The van der Waals surface area contributed by atoms with Crippen LogP contribution >= 0.6 is 0 Å². The normalized spacial score (nSPS) is 20.9. The Labute approximate surface area is 200 Å². The molecule has 3 heterocycles. The van der Waals surface area contributed by atoms with Gasteiger partial charge in [0.05, 0.1) is 6.54 Å². The number of rotatable bonds is 9. The van der Waals surface area contributed by atoms with Crippen molar-refractivity contribution in [2.24, 2.45) is 16.7 Å². The maximum Gasteiger partial charge on any atom is 0.169 e. The fourth-order valence-electron chi connectivity index (χ4n) is 4.57. The molecule has 0 N–H and O–H groups in total. The molecule has 0 radical (unpaired) electrons. The van der Waals surface area contributed by atoms with Gasteiger partial charge in [0.2, 0.25) is 0 Å². The van der Waals surface area contributed by atoms with Crippen LogP contribution in [0.2, 0.25) is 0 Å². The van der Waals surface area contributed by atoms with E-state index >= 15 is 0 Å². The highest BCUT2D eigenvalue weighted by atomic mass is 16.1. The Hall–Kier alpha value is -1.79. The number of Topliss-reactive ketones (excluding diaryl/α,β-unsaturated/α-hetero) is 2. The van der Waals surface area contributed by atoms with E-state index in [-0.39, 0.29) is 16.6 Å². The Balaban J connectivity index is 1.39. The van der Waals surface area contributed by atoms with Gasteiger partial charge in [-0.2, -0.15) is 0 Å². The third-order valence-electron chi connectivity index (χ3n) is 7.63. The van der Waals surface area contributed by atoms with E-state index in [1.165, 1.54) is 12.8 Å². The highest BCUT2D eigenvalue weighted by Gasteiger charge is 2.29. The number of hydrogen-bond acceptors (Lipinski definition) is 6. The van der Waals surface area contributed by atoms with Crippen LogP contribution < -0.4 is 4.90 Å². The second-order valence-electron chi connectivity index (χ2n) is 11.7. The molecule has 0 aromatic carbocycles. The van der Waals surface area contributed by atoms with Crippen molar-refractivity contribution in [3.63, 3.8) is 0 Å². The summed E-state index contributed by atoms with van der Waals surface area (Å²) in [5.41, 5.74) is 0.110. The average molecular weight is 457 g/mol. The summed E-state index contributed by atoms with van der Waals surface area (Å²) in [6, 6.07) is 3.93. The lowest BCUT2D eigenvalue weighted by Gasteiger charge is -2.36. The number of pyridine rings is 1. The van der Waals surface area contributed by atoms with Crippen LogP contribution in [0.15, 0.2) is 18.3 Å². The second-order valence-corrected chi connectivity index (χ2v) is 11.7. The first-order valence-electron chi connectivity index (χ1n) is 12.7. The first-order chi connectivity index (χ1) is 15.5. The van der Waals surface area contributed by atoms with Crippen molar-refractivity contribution in [2.75, 3.05) is 57.3 Å². The number of hydrogen-bond donors (Lipinski definition) is 0. The predicted molar refractivity (Wildman–Crippen MR) is 135 cm³/mol. The number of carbonyl (C=O) groups is 2. The molecule has 1 unspecified atom stereocenters. The van der Waals surface area contributed by atoms with E-state index in [0.29, 0.717) is 23.8 Å². The molecule has 6 nitrogen and oxygen atoms in total.